The maximum Gasteiger partial charge on any atom is 0.415 e. The molecule has 0 aliphatic carbocycles. The van der Waals surface area contributed by atoms with Gasteiger partial charge in [-0.25, -0.2) is 0 Å². The van der Waals surface area contributed by atoms with Gasteiger partial charge in [-0.1, -0.05) is 29.2 Å². The predicted molar refractivity (Wildman–Crippen MR) is 44.6 cm³/mol. The molecular formula is C7H5BClF3. The molecule has 0 atom stereocenters. The Kier molecular flexibility index (Phi) is 2.37. The van der Waals surface area contributed by atoms with Crippen molar-refractivity contribution < 1.29 is 13.2 Å². The minimum atomic E-state index is -4.31. The number of hydrogen-bond donors (Lipinski definition) is 0. The molecule has 0 heterocycles. The Morgan fingerprint density at radius 2 is 1.83 bits per heavy atom. The molecule has 0 unspecified atom stereocenters. The number of benzene rings is 1. The number of rotatable bonds is 0. The van der Waals surface area contributed by atoms with Crippen LogP contribution in [0.15, 0.2) is 18.2 Å². The first-order chi connectivity index (χ1) is 5.43. The van der Waals surface area contributed by atoms with E-state index in [9.17, 15) is 13.2 Å². The van der Waals surface area contributed by atoms with Gasteiger partial charge in [-0.15, -0.1) is 0 Å². The van der Waals surface area contributed by atoms with E-state index >= 15 is 0 Å². The largest absolute Gasteiger partial charge is 0.415 e. The van der Waals surface area contributed by atoms with Gasteiger partial charge in [0.2, 0.25) is 0 Å². The average Bonchev–Trinajstić information content (AvgIpc) is 1.92. The van der Waals surface area contributed by atoms with Crippen LogP contribution < -0.4 is 5.46 Å². The molecule has 0 saturated carbocycles. The van der Waals surface area contributed by atoms with E-state index in [-0.39, 0.29) is 10.5 Å². The van der Waals surface area contributed by atoms with Crippen molar-refractivity contribution in [3.8, 4) is 0 Å². The molecule has 0 fully saturated rings. The predicted octanol–water partition coefficient (Wildman–Crippen LogP) is 1.62. The monoisotopic (exact) mass is 192 g/mol. The number of hydrogen-bond acceptors (Lipinski definition) is 0. The van der Waals surface area contributed by atoms with Crippen molar-refractivity contribution in [1.29, 1.82) is 0 Å². The van der Waals surface area contributed by atoms with Crippen molar-refractivity contribution in [1.82, 2.24) is 0 Å². The normalized spacial score (nSPS) is 11.7. The van der Waals surface area contributed by atoms with Gasteiger partial charge < -0.3 is 0 Å². The first kappa shape index (κ1) is 9.45. The Bertz CT molecular complexity index is 295. The number of alkyl halides is 3. The molecule has 0 amide bonds. The average molecular weight is 192 g/mol. The van der Waals surface area contributed by atoms with Crippen molar-refractivity contribution in [2.24, 2.45) is 0 Å². The van der Waals surface area contributed by atoms with Crippen LogP contribution in [-0.4, -0.2) is 7.85 Å². The summed E-state index contributed by atoms with van der Waals surface area (Å²) in [6.45, 7) is 0. The summed E-state index contributed by atoms with van der Waals surface area (Å²) >= 11 is 5.52. The molecule has 0 aliphatic heterocycles. The molecule has 1 aromatic rings. The molecule has 1 rings (SSSR count). The molecule has 0 aromatic heterocycles. The summed E-state index contributed by atoms with van der Waals surface area (Å²) in [6.07, 6.45) is -4.31. The zero-order valence-electron chi connectivity index (χ0n) is 6.24. The lowest BCUT2D eigenvalue weighted by Crippen LogP contribution is -2.20. The standard InChI is InChI=1S/C7H5BClF3/c8-6-4(7(10,11)12)2-1-3-5(6)9/h1-3H,8H2. The fourth-order valence-corrected chi connectivity index (χ4v) is 1.09. The van der Waals surface area contributed by atoms with Crippen LogP contribution in [0.3, 0.4) is 0 Å². The van der Waals surface area contributed by atoms with E-state index < -0.39 is 11.7 Å². The summed E-state index contributed by atoms with van der Waals surface area (Å²) in [5.74, 6) is 0. The lowest BCUT2D eigenvalue weighted by atomic mass is 9.90. The van der Waals surface area contributed by atoms with Crippen LogP contribution in [0.25, 0.3) is 0 Å². The third kappa shape index (κ3) is 1.75. The van der Waals surface area contributed by atoms with Gasteiger partial charge >= 0.3 is 6.18 Å². The van der Waals surface area contributed by atoms with Crippen molar-refractivity contribution in [3.05, 3.63) is 28.8 Å². The van der Waals surface area contributed by atoms with Crippen molar-refractivity contribution in [2.45, 2.75) is 6.18 Å². The summed E-state index contributed by atoms with van der Waals surface area (Å²) in [4.78, 5) is 0. The molecule has 0 aliphatic rings. The van der Waals surface area contributed by atoms with Crippen LogP contribution in [0, 0.1) is 0 Å². The molecule has 0 N–H and O–H groups in total. The molecule has 0 radical (unpaired) electrons. The van der Waals surface area contributed by atoms with E-state index in [4.69, 9.17) is 11.6 Å². The van der Waals surface area contributed by atoms with E-state index in [2.05, 4.69) is 0 Å². The summed E-state index contributed by atoms with van der Waals surface area (Å²) in [5.41, 5.74) is -0.596. The van der Waals surface area contributed by atoms with Crippen molar-refractivity contribution >= 4 is 24.9 Å². The second-order valence-electron chi connectivity index (χ2n) is 2.41. The van der Waals surface area contributed by atoms with Crippen LogP contribution in [0.4, 0.5) is 13.2 Å². The molecule has 5 heteroatoms. The minimum absolute atomic E-state index is 0.0756. The minimum Gasteiger partial charge on any atom is -0.166 e. The second-order valence-corrected chi connectivity index (χ2v) is 2.82. The van der Waals surface area contributed by atoms with Gasteiger partial charge in [0.15, 0.2) is 0 Å². The van der Waals surface area contributed by atoms with Crippen LogP contribution in [-0.2, 0) is 6.18 Å². The second kappa shape index (κ2) is 3.01. The Morgan fingerprint density at radius 3 is 2.25 bits per heavy atom. The molecule has 12 heavy (non-hydrogen) atoms. The lowest BCUT2D eigenvalue weighted by molar-refractivity contribution is -0.136. The van der Waals surface area contributed by atoms with E-state index in [1.165, 1.54) is 20.0 Å². The Morgan fingerprint density at radius 1 is 1.25 bits per heavy atom. The zero-order valence-corrected chi connectivity index (χ0v) is 7.00. The highest BCUT2D eigenvalue weighted by molar-refractivity contribution is 6.45. The molecule has 0 saturated heterocycles. The smallest absolute Gasteiger partial charge is 0.166 e. The van der Waals surface area contributed by atoms with Gasteiger partial charge in [0, 0.05) is 5.02 Å². The van der Waals surface area contributed by atoms with Crippen LogP contribution in [0.1, 0.15) is 5.56 Å². The van der Waals surface area contributed by atoms with Gasteiger partial charge in [0.05, 0.1) is 5.56 Å². The highest BCUT2D eigenvalue weighted by Gasteiger charge is 2.32. The first-order valence-electron chi connectivity index (χ1n) is 3.25. The Balaban J connectivity index is 3.26. The van der Waals surface area contributed by atoms with Gasteiger partial charge in [0.1, 0.15) is 7.85 Å². The summed E-state index contributed by atoms with van der Waals surface area (Å²) in [5, 5.41) is 0.143. The highest BCUT2D eigenvalue weighted by atomic mass is 35.5. The first-order valence-corrected chi connectivity index (χ1v) is 3.63. The van der Waals surface area contributed by atoms with Crippen LogP contribution in [0.5, 0.6) is 0 Å². The van der Waals surface area contributed by atoms with Gasteiger partial charge in [0.25, 0.3) is 0 Å². The van der Waals surface area contributed by atoms with E-state index in [1.54, 1.807) is 0 Å². The molecule has 0 bridgehead atoms. The quantitative estimate of drug-likeness (QED) is 0.548. The SMILES string of the molecule is Bc1c(Cl)cccc1C(F)(F)F. The van der Waals surface area contributed by atoms with Crippen LogP contribution in [0.2, 0.25) is 5.02 Å². The molecule has 0 spiro atoms. The van der Waals surface area contributed by atoms with Gasteiger partial charge in [-0.05, 0) is 6.07 Å². The zero-order chi connectivity index (χ0) is 9.35. The van der Waals surface area contributed by atoms with Gasteiger partial charge in [-0.3, -0.25) is 0 Å². The van der Waals surface area contributed by atoms with E-state index in [0.29, 0.717) is 0 Å². The molecule has 1 aromatic carbocycles. The Labute approximate surface area is 73.7 Å². The van der Waals surface area contributed by atoms with Crippen LogP contribution >= 0.6 is 11.6 Å². The van der Waals surface area contributed by atoms with Crippen molar-refractivity contribution in [3.63, 3.8) is 0 Å². The van der Waals surface area contributed by atoms with Crippen molar-refractivity contribution in [2.75, 3.05) is 0 Å². The number of halogens is 4. The maximum absolute atomic E-state index is 12.2. The third-order valence-electron chi connectivity index (χ3n) is 1.57. The fraction of sp³-hybridized carbons (Fsp3) is 0.143. The maximum atomic E-state index is 12.2. The Hall–Kier alpha value is -0.635. The molecular weight excluding hydrogens is 187 g/mol. The molecule has 64 valence electrons. The summed E-state index contributed by atoms with van der Waals surface area (Å²) < 4.78 is 36.5. The van der Waals surface area contributed by atoms with E-state index in [1.807, 2.05) is 0 Å². The van der Waals surface area contributed by atoms with Gasteiger partial charge in [-0.2, -0.15) is 13.2 Å². The van der Waals surface area contributed by atoms with E-state index in [0.717, 1.165) is 6.07 Å². The fourth-order valence-electron chi connectivity index (χ4n) is 0.915. The topological polar surface area (TPSA) is 0 Å². The lowest BCUT2D eigenvalue weighted by Gasteiger charge is -2.10. The third-order valence-corrected chi connectivity index (χ3v) is 1.98. The summed E-state index contributed by atoms with van der Waals surface area (Å²) in [7, 11) is 1.35. The summed E-state index contributed by atoms with van der Waals surface area (Å²) in [6, 6.07) is 3.74. The molecule has 0 nitrogen and oxygen atoms in total. The highest BCUT2D eigenvalue weighted by Crippen LogP contribution is 2.28.